The van der Waals surface area contributed by atoms with E-state index in [0.717, 1.165) is 24.0 Å². The number of hydrogen-bond acceptors (Lipinski definition) is 4. The Morgan fingerprint density at radius 3 is 2.24 bits per heavy atom. The van der Waals surface area contributed by atoms with Crippen LogP contribution in [0.5, 0.6) is 0 Å². The summed E-state index contributed by atoms with van der Waals surface area (Å²) in [6.07, 6.45) is -4.07. The Balaban J connectivity index is 1.82. The number of alkyl halides is 3. The van der Waals surface area contributed by atoms with Crippen molar-refractivity contribution < 1.29 is 31.2 Å². The highest BCUT2D eigenvalue weighted by molar-refractivity contribution is 7.92. The third kappa shape index (κ3) is 7.23. The quantitative estimate of drug-likeness (QED) is 0.398. The zero-order valence-electron chi connectivity index (χ0n) is 19.7. The molecule has 3 aromatic carbocycles. The summed E-state index contributed by atoms with van der Waals surface area (Å²) in [4.78, 5) is 25.7. The summed E-state index contributed by atoms with van der Waals surface area (Å²) < 4.78 is 65.1. The van der Waals surface area contributed by atoms with E-state index in [1.807, 2.05) is 30.3 Å². The Bertz CT molecular complexity index is 1400. The number of carbonyl (C=O) groups excluding carboxylic acids is 2. The zero-order valence-corrected chi connectivity index (χ0v) is 21.3. The first-order valence-electron chi connectivity index (χ1n) is 10.9. The minimum Gasteiger partial charge on any atom is -0.345 e. The lowest BCUT2D eigenvalue weighted by Gasteiger charge is -2.23. The fourth-order valence-corrected chi connectivity index (χ4v) is 4.57. The Kier molecular flexibility index (Phi) is 8.49. The van der Waals surface area contributed by atoms with Crippen molar-refractivity contribution in [2.75, 3.05) is 22.4 Å². The van der Waals surface area contributed by atoms with Crippen LogP contribution in [0.25, 0.3) is 0 Å². The van der Waals surface area contributed by atoms with E-state index in [1.54, 1.807) is 19.1 Å². The Morgan fingerprint density at radius 2 is 1.62 bits per heavy atom. The van der Waals surface area contributed by atoms with E-state index >= 15 is 0 Å². The van der Waals surface area contributed by atoms with Gasteiger partial charge in [-0.25, -0.2) is 8.42 Å². The second-order valence-corrected chi connectivity index (χ2v) is 10.4. The third-order valence-corrected chi connectivity index (χ3v) is 6.79. The Morgan fingerprint density at radius 1 is 1.00 bits per heavy atom. The van der Waals surface area contributed by atoms with Gasteiger partial charge in [0.15, 0.2) is 0 Å². The number of nitrogens with zero attached hydrogens (tertiary/aromatic N) is 1. The maximum absolute atomic E-state index is 13.3. The summed E-state index contributed by atoms with van der Waals surface area (Å²) in [5, 5.41) is 4.69. The molecule has 0 saturated carbocycles. The SMILES string of the molecule is C[C@@H](NC(=O)c1ccccc1NC(=O)CN(c1ccc(Cl)c(C(F)(F)F)c1)S(C)(=O)=O)c1ccccc1. The van der Waals surface area contributed by atoms with Gasteiger partial charge in [-0.1, -0.05) is 54.1 Å². The number of sulfonamides is 1. The van der Waals surface area contributed by atoms with Crippen LogP contribution in [-0.4, -0.2) is 33.0 Å². The van der Waals surface area contributed by atoms with Crippen molar-refractivity contribution in [3.63, 3.8) is 0 Å². The fourth-order valence-electron chi connectivity index (χ4n) is 3.50. The summed E-state index contributed by atoms with van der Waals surface area (Å²) in [6, 6.07) is 17.5. The van der Waals surface area contributed by atoms with E-state index in [-0.39, 0.29) is 17.3 Å². The lowest BCUT2D eigenvalue weighted by molar-refractivity contribution is -0.137. The average molecular weight is 554 g/mol. The van der Waals surface area contributed by atoms with E-state index in [9.17, 15) is 31.2 Å². The van der Waals surface area contributed by atoms with Crippen molar-refractivity contribution in [2.24, 2.45) is 0 Å². The number of halogens is 4. The van der Waals surface area contributed by atoms with Gasteiger partial charge in [0.05, 0.1) is 39.8 Å². The normalized spacial score (nSPS) is 12.5. The van der Waals surface area contributed by atoms with E-state index in [1.165, 1.54) is 12.1 Å². The minimum atomic E-state index is -4.83. The molecule has 0 bridgehead atoms. The number of para-hydroxylation sites is 1. The molecule has 0 unspecified atom stereocenters. The molecule has 12 heteroatoms. The van der Waals surface area contributed by atoms with Crippen LogP contribution in [0.1, 0.15) is 34.5 Å². The zero-order chi connectivity index (χ0) is 27.4. The molecule has 0 aromatic heterocycles. The predicted molar refractivity (Wildman–Crippen MR) is 136 cm³/mol. The van der Waals surface area contributed by atoms with Crippen molar-refractivity contribution in [1.82, 2.24) is 5.32 Å². The lowest BCUT2D eigenvalue weighted by Crippen LogP contribution is -2.38. The first-order chi connectivity index (χ1) is 17.3. The third-order valence-electron chi connectivity index (χ3n) is 5.32. The molecule has 3 rings (SSSR count). The molecule has 37 heavy (non-hydrogen) atoms. The maximum atomic E-state index is 13.3. The summed E-state index contributed by atoms with van der Waals surface area (Å²) in [5.74, 6) is -1.36. The first kappa shape index (κ1) is 28.0. The van der Waals surface area contributed by atoms with Crippen LogP contribution >= 0.6 is 11.6 Å². The van der Waals surface area contributed by atoms with Gasteiger partial charge >= 0.3 is 6.18 Å². The molecule has 0 radical (unpaired) electrons. The molecule has 2 N–H and O–H groups in total. The number of nitrogens with one attached hydrogen (secondary N) is 2. The molecule has 1 atom stereocenters. The van der Waals surface area contributed by atoms with Gasteiger partial charge in [0, 0.05) is 0 Å². The molecule has 7 nitrogen and oxygen atoms in total. The monoisotopic (exact) mass is 553 g/mol. The first-order valence-corrected chi connectivity index (χ1v) is 13.1. The number of amides is 2. The standard InChI is InChI=1S/C25H23ClF3N3O4S/c1-16(17-8-4-3-5-9-17)30-24(34)19-10-6-7-11-22(19)31-23(33)15-32(37(2,35)36)18-12-13-21(26)20(14-18)25(27,28)29/h3-14,16H,15H2,1-2H3,(H,30,34)(H,31,33)/t16-/m1/s1. The van der Waals surface area contributed by atoms with E-state index in [4.69, 9.17) is 11.6 Å². The lowest BCUT2D eigenvalue weighted by atomic mass is 10.1. The molecular weight excluding hydrogens is 531 g/mol. The fraction of sp³-hybridized carbons (Fsp3) is 0.200. The molecule has 0 heterocycles. The summed E-state index contributed by atoms with van der Waals surface area (Å²) in [6.45, 7) is 0.952. The molecule has 0 fully saturated rings. The highest BCUT2D eigenvalue weighted by Gasteiger charge is 2.34. The highest BCUT2D eigenvalue weighted by atomic mass is 35.5. The summed E-state index contributed by atoms with van der Waals surface area (Å²) in [7, 11) is -4.17. The largest absolute Gasteiger partial charge is 0.417 e. The van der Waals surface area contributed by atoms with Crippen LogP contribution in [0, 0.1) is 0 Å². The smallest absolute Gasteiger partial charge is 0.345 e. The second-order valence-electron chi connectivity index (χ2n) is 8.13. The van der Waals surface area contributed by atoms with Gasteiger partial charge < -0.3 is 10.6 Å². The molecule has 2 amide bonds. The molecule has 0 aliphatic carbocycles. The average Bonchev–Trinajstić information content (AvgIpc) is 2.82. The molecule has 0 aliphatic heterocycles. The van der Waals surface area contributed by atoms with Crippen molar-refractivity contribution in [1.29, 1.82) is 0 Å². The van der Waals surface area contributed by atoms with E-state index in [2.05, 4.69) is 10.6 Å². The maximum Gasteiger partial charge on any atom is 0.417 e. The number of carbonyl (C=O) groups is 2. The van der Waals surface area contributed by atoms with E-state index in [0.29, 0.717) is 10.4 Å². The predicted octanol–water partition coefficient (Wildman–Crippen LogP) is 5.25. The summed E-state index contributed by atoms with van der Waals surface area (Å²) >= 11 is 5.63. The number of anilines is 2. The van der Waals surface area contributed by atoms with Crippen molar-refractivity contribution in [3.05, 3.63) is 94.5 Å². The summed E-state index contributed by atoms with van der Waals surface area (Å²) in [5.41, 5.74) is -0.545. The number of hydrogen-bond donors (Lipinski definition) is 2. The second kappa shape index (κ2) is 11.2. The van der Waals surface area contributed by atoms with Gasteiger partial charge in [-0.3, -0.25) is 13.9 Å². The van der Waals surface area contributed by atoms with Gasteiger partial charge in [0.2, 0.25) is 15.9 Å². The van der Waals surface area contributed by atoms with Crippen LogP contribution in [0.4, 0.5) is 24.5 Å². The molecule has 3 aromatic rings. The van der Waals surface area contributed by atoms with Crippen molar-refractivity contribution >= 4 is 44.8 Å². The molecule has 0 aliphatic rings. The van der Waals surface area contributed by atoms with Gasteiger partial charge in [0.1, 0.15) is 6.54 Å². The molecule has 0 spiro atoms. The van der Waals surface area contributed by atoms with Crippen LogP contribution in [0.15, 0.2) is 72.8 Å². The number of benzene rings is 3. The van der Waals surface area contributed by atoms with Gasteiger partial charge in [-0.2, -0.15) is 13.2 Å². The van der Waals surface area contributed by atoms with E-state index < -0.39 is 50.8 Å². The van der Waals surface area contributed by atoms with Crippen molar-refractivity contribution in [3.8, 4) is 0 Å². The van der Waals surface area contributed by atoms with Crippen LogP contribution in [0.2, 0.25) is 5.02 Å². The molecule has 196 valence electrons. The van der Waals surface area contributed by atoms with Gasteiger partial charge in [-0.15, -0.1) is 0 Å². The highest BCUT2D eigenvalue weighted by Crippen LogP contribution is 2.37. The van der Waals surface area contributed by atoms with Gasteiger partial charge in [0.25, 0.3) is 5.91 Å². The molecular formula is C25H23ClF3N3O4S. The topological polar surface area (TPSA) is 95.6 Å². The Labute approximate surface area is 217 Å². The van der Waals surface area contributed by atoms with Crippen LogP contribution < -0.4 is 14.9 Å². The van der Waals surface area contributed by atoms with Crippen LogP contribution in [-0.2, 0) is 21.0 Å². The Hall–Kier alpha value is -3.57. The molecule has 0 saturated heterocycles. The number of rotatable bonds is 8. The van der Waals surface area contributed by atoms with Crippen molar-refractivity contribution in [2.45, 2.75) is 19.1 Å². The minimum absolute atomic E-state index is 0.103. The van der Waals surface area contributed by atoms with Crippen LogP contribution in [0.3, 0.4) is 0 Å². The van der Waals surface area contributed by atoms with Gasteiger partial charge in [-0.05, 0) is 42.8 Å².